The molecule has 58 heavy (non-hydrogen) atoms. The molecule has 13 heteroatoms. The third-order valence-corrected chi connectivity index (χ3v) is 10.9. The summed E-state index contributed by atoms with van der Waals surface area (Å²) >= 11 is 0. The molecule has 1 aliphatic carbocycles. The molecule has 1 aliphatic rings. The molecular formula is C45H79O12P. The normalized spacial score (nSPS) is 23.2. The molecule has 0 bridgehead atoms. The van der Waals surface area contributed by atoms with Gasteiger partial charge in [0, 0.05) is 13.0 Å². The van der Waals surface area contributed by atoms with Crippen LogP contribution in [0.3, 0.4) is 0 Å². The number of carbonyl (C=O) groups excluding carboxylic acids is 1. The first kappa shape index (κ1) is 54.1. The minimum Gasteiger partial charge on any atom is -0.457 e. The Balaban J connectivity index is 2.45. The standard InChI is InChI=1S/C45H79O12P/c1-3-5-7-9-11-13-15-17-19-20-21-22-24-26-28-30-32-34-39(46)56-38(36-54-35-33-31-29-27-25-23-18-16-14-12-10-8-6-4-2)37-55-58(52,53)57-45-43(50)41(48)40(47)42(49)44(45)51/h5,7,11,13-14,16-17,19,21-22,38,40-45,47-51H,3-4,6,8-10,12,15,18,20,23-37H2,1-2H3,(H,52,53)/b7-5-,13-11-,16-14-,19-17-,22-21-. The summed E-state index contributed by atoms with van der Waals surface area (Å²) in [5, 5.41) is 50.1. The summed E-state index contributed by atoms with van der Waals surface area (Å²) in [6.07, 6.45) is 31.4. The van der Waals surface area contributed by atoms with Gasteiger partial charge in [0.25, 0.3) is 0 Å². The van der Waals surface area contributed by atoms with Gasteiger partial charge in [0.05, 0.1) is 13.2 Å². The van der Waals surface area contributed by atoms with Crippen LogP contribution in [0, 0.1) is 0 Å². The molecule has 1 saturated carbocycles. The van der Waals surface area contributed by atoms with Crippen molar-refractivity contribution in [3.63, 3.8) is 0 Å². The van der Waals surface area contributed by atoms with Crippen LogP contribution in [0.15, 0.2) is 60.8 Å². The summed E-state index contributed by atoms with van der Waals surface area (Å²) in [5.74, 6) is -0.505. The molecule has 12 nitrogen and oxygen atoms in total. The number of esters is 1. The van der Waals surface area contributed by atoms with Gasteiger partial charge in [-0.3, -0.25) is 13.8 Å². The lowest BCUT2D eigenvalue weighted by molar-refractivity contribution is -0.220. The van der Waals surface area contributed by atoms with Gasteiger partial charge in [-0.05, 0) is 77.0 Å². The van der Waals surface area contributed by atoms with Crippen LogP contribution in [0.4, 0.5) is 0 Å². The first-order chi connectivity index (χ1) is 28.0. The van der Waals surface area contributed by atoms with Gasteiger partial charge in [0.15, 0.2) is 0 Å². The van der Waals surface area contributed by atoms with Crippen molar-refractivity contribution in [1.29, 1.82) is 0 Å². The van der Waals surface area contributed by atoms with Gasteiger partial charge in [0.1, 0.15) is 42.7 Å². The maximum absolute atomic E-state index is 12.8. The fourth-order valence-electron chi connectivity index (χ4n) is 6.34. The summed E-state index contributed by atoms with van der Waals surface area (Å²) < 4.78 is 34.1. The summed E-state index contributed by atoms with van der Waals surface area (Å²) in [7, 11) is -5.03. The average molecular weight is 843 g/mol. The Morgan fingerprint density at radius 2 is 1.02 bits per heavy atom. The van der Waals surface area contributed by atoms with Crippen LogP contribution < -0.4 is 0 Å². The van der Waals surface area contributed by atoms with Gasteiger partial charge in [0.2, 0.25) is 0 Å². The molecule has 0 aromatic carbocycles. The van der Waals surface area contributed by atoms with Crippen molar-refractivity contribution < 1.29 is 58.3 Å². The highest BCUT2D eigenvalue weighted by molar-refractivity contribution is 7.47. The molecule has 1 rings (SSSR count). The summed E-state index contributed by atoms with van der Waals surface area (Å²) in [6.45, 7) is 4.07. The first-order valence-electron chi connectivity index (χ1n) is 22.1. The Labute approximate surface area is 349 Å². The van der Waals surface area contributed by atoms with E-state index in [1.54, 1.807) is 0 Å². The summed E-state index contributed by atoms with van der Waals surface area (Å²) in [5.41, 5.74) is 0. The van der Waals surface area contributed by atoms with Crippen LogP contribution in [0.1, 0.15) is 155 Å². The number of carbonyl (C=O) groups is 1. The largest absolute Gasteiger partial charge is 0.472 e. The second-order valence-corrected chi connectivity index (χ2v) is 16.6. The molecule has 0 amide bonds. The molecule has 1 fully saturated rings. The number of hydrogen-bond donors (Lipinski definition) is 6. The van der Waals surface area contributed by atoms with Crippen molar-refractivity contribution >= 4 is 13.8 Å². The van der Waals surface area contributed by atoms with E-state index in [1.807, 2.05) is 0 Å². The molecule has 6 N–H and O–H groups in total. The van der Waals surface area contributed by atoms with Crippen molar-refractivity contribution in [2.75, 3.05) is 19.8 Å². The Kier molecular flexibility index (Phi) is 33.3. The fourth-order valence-corrected chi connectivity index (χ4v) is 7.31. The van der Waals surface area contributed by atoms with Crippen LogP contribution in [-0.4, -0.2) is 98.9 Å². The van der Waals surface area contributed by atoms with Gasteiger partial charge in [-0.15, -0.1) is 0 Å². The Morgan fingerprint density at radius 1 is 0.569 bits per heavy atom. The molecule has 6 unspecified atom stereocenters. The molecule has 0 radical (unpaired) electrons. The van der Waals surface area contributed by atoms with Crippen molar-refractivity contribution in [1.82, 2.24) is 0 Å². The zero-order valence-electron chi connectivity index (χ0n) is 35.6. The molecule has 336 valence electrons. The number of unbranched alkanes of at least 4 members (excludes halogenated alkanes) is 14. The Bertz CT molecular complexity index is 1190. The SMILES string of the molecule is CC/C=C\C/C=C\C/C=C\C/C=C\CCCCCCC(=O)OC(COCCCCCCCC/C=C\CCCCCC)COP(=O)(O)OC1C(O)C(O)C(O)C(O)C1O. The van der Waals surface area contributed by atoms with Gasteiger partial charge < -0.3 is 39.9 Å². The molecule has 0 saturated heterocycles. The lowest BCUT2D eigenvalue weighted by Gasteiger charge is -2.41. The third-order valence-electron chi connectivity index (χ3n) is 9.87. The fraction of sp³-hybridized carbons (Fsp3) is 0.756. The van der Waals surface area contributed by atoms with Crippen molar-refractivity contribution in [3.05, 3.63) is 60.8 Å². The predicted molar refractivity (Wildman–Crippen MR) is 230 cm³/mol. The van der Waals surface area contributed by atoms with E-state index in [0.717, 1.165) is 83.5 Å². The van der Waals surface area contributed by atoms with E-state index in [9.17, 15) is 39.8 Å². The van der Waals surface area contributed by atoms with Crippen molar-refractivity contribution in [3.8, 4) is 0 Å². The lowest BCUT2D eigenvalue weighted by Crippen LogP contribution is -2.64. The number of phosphoric acid groups is 1. The monoisotopic (exact) mass is 843 g/mol. The van der Waals surface area contributed by atoms with Gasteiger partial charge in [-0.2, -0.15) is 0 Å². The molecule has 0 heterocycles. The number of rotatable bonds is 36. The number of phosphoric ester groups is 1. The lowest BCUT2D eigenvalue weighted by atomic mass is 9.85. The average Bonchev–Trinajstić information content (AvgIpc) is 3.21. The quantitative estimate of drug-likeness (QED) is 0.0153. The Hall–Kier alpha value is -1.96. The van der Waals surface area contributed by atoms with Gasteiger partial charge in [-0.1, -0.05) is 132 Å². The topological polar surface area (TPSA) is 192 Å². The second kappa shape index (κ2) is 35.8. The number of ether oxygens (including phenoxy) is 2. The van der Waals surface area contributed by atoms with E-state index in [-0.39, 0.29) is 13.0 Å². The van der Waals surface area contributed by atoms with Crippen LogP contribution in [0.5, 0.6) is 0 Å². The molecule has 0 spiro atoms. The minimum atomic E-state index is -5.03. The molecular weight excluding hydrogens is 763 g/mol. The smallest absolute Gasteiger partial charge is 0.457 e. The number of hydrogen-bond acceptors (Lipinski definition) is 11. The summed E-state index contributed by atoms with van der Waals surface area (Å²) in [6, 6.07) is 0. The molecule has 0 aromatic rings. The second-order valence-electron chi connectivity index (χ2n) is 15.2. The predicted octanol–water partition coefficient (Wildman–Crippen LogP) is 8.64. The number of aliphatic hydroxyl groups excluding tert-OH is 5. The number of aliphatic hydroxyl groups is 5. The van der Waals surface area contributed by atoms with E-state index < -0.39 is 63.1 Å². The van der Waals surface area contributed by atoms with Crippen LogP contribution >= 0.6 is 7.82 Å². The van der Waals surface area contributed by atoms with Crippen molar-refractivity contribution in [2.24, 2.45) is 0 Å². The highest BCUT2D eigenvalue weighted by Crippen LogP contribution is 2.47. The number of allylic oxidation sites excluding steroid dienone is 10. The van der Waals surface area contributed by atoms with E-state index in [1.165, 1.54) is 44.9 Å². The van der Waals surface area contributed by atoms with E-state index in [2.05, 4.69) is 74.6 Å². The highest BCUT2D eigenvalue weighted by Gasteiger charge is 2.51. The van der Waals surface area contributed by atoms with Crippen LogP contribution in [0.25, 0.3) is 0 Å². The summed E-state index contributed by atoms with van der Waals surface area (Å²) in [4.78, 5) is 23.1. The zero-order valence-corrected chi connectivity index (χ0v) is 36.5. The van der Waals surface area contributed by atoms with Crippen molar-refractivity contribution in [2.45, 2.75) is 198 Å². The van der Waals surface area contributed by atoms with E-state index >= 15 is 0 Å². The van der Waals surface area contributed by atoms with Crippen LogP contribution in [0.2, 0.25) is 0 Å². The zero-order chi connectivity index (χ0) is 42.7. The van der Waals surface area contributed by atoms with Gasteiger partial charge >= 0.3 is 13.8 Å². The van der Waals surface area contributed by atoms with E-state index in [0.29, 0.717) is 13.0 Å². The molecule has 0 aliphatic heterocycles. The van der Waals surface area contributed by atoms with Crippen LogP contribution in [-0.2, 0) is 27.9 Å². The first-order valence-corrected chi connectivity index (χ1v) is 23.6. The minimum absolute atomic E-state index is 0.0936. The highest BCUT2D eigenvalue weighted by atomic mass is 31.2. The third kappa shape index (κ3) is 27.7. The maximum atomic E-state index is 12.8. The van der Waals surface area contributed by atoms with E-state index in [4.69, 9.17) is 18.5 Å². The van der Waals surface area contributed by atoms with Gasteiger partial charge in [-0.25, -0.2) is 4.57 Å². The molecule has 0 aromatic heterocycles. The Morgan fingerprint density at radius 3 is 1.57 bits per heavy atom. The molecule has 6 atom stereocenters. The maximum Gasteiger partial charge on any atom is 0.472 e.